The number of rotatable bonds is 7. The number of hydrogen-bond donors (Lipinski definition) is 1. The third kappa shape index (κ3) is 6.06. The minimum Gasteiger partial charge on any atom is -0.468 e. The minimum atomic E-state index is -0.392. The van der Waals surface area contributed by atoms with Crippen LogP contribution >= 0.6 is 0 Å². The lowest BCUT2D eigenvalue weighted by Crippen LogP contribution is -2.37. The first-order chi connectivity index (χ1) is 7.15. The molecule has 0 unspecified atom stereocenters. The van der Waals surface area contributed by atoms with E-state index in [-0.39, 0.29) is 18.9 Å². The quantitative estimate of drug-likeness (QED) is 0.614. The first-order valence-electron chi connectivity index (χ1n) is 5.20. The largest absolute Gasteiger partial charge is 0.468 e. The van der Waals surface area contributed by atoms with E-state index >= 15 is 0 Å². The van der Waals surface area contributed by atoms with Crippen molar-refractivity contribution in [2.75, 3.05) is 26.7 Å². The highest BCUT2D eigenvalue weighted by atomic mass is 16.5. The second kappa shape index (κ2) is 8.23. The fourth-order valence-electron chi connectivity index (χ4n) is 1.14. The molecule has 15 heavy (non-hydrogen) atoms. The molecule has 2 N–H and O–H groups in total. The highest BCUT2D eigenvalue weighted by Crippen LogP contribution is 1.99. The highest BCUT2D eigenvalue weighted by Gasteiger charge is 2.15. The Morgan fingerprint density at radius 3 is 2.53 bits per heavy atom. The molecule has 0 radical (unpaired) electrons. The van der Waals surface area contributed by atoms with E-state index in [1.54, 1.807) is 0 Å². The molecule has 5 heteroatoms. The molecule has 5 nitrogen and oxygen atoms in total. The molecule has 0 fully saturated rings. The Bertz CT molecular complexity index is 207. The van der Waals surface area contributed by atoms with E-state index in [0.29, 0.717) is 13.1 Å². The molecule has 0 aromatic rings. The number of amides is 1. The molecular formula is C10H20N2O3. The summed E-state index contributed by atoms with van der Waals surface area (Å²) in [5, 5.41) is 0. The number of nitrogens with zero attached hydrogens (tertiary/aromatic N) is 1. The maximum atomic E-state index is 11.5. The van der Waals surface area contributed by atoms with Crippen LogP contribution in [0.1, 0.15) is 26.2 Å². The first-order valence-corrected chi connectivity index (χ1v) is 5.20. The van der Waals surface area contributed by atoms with E-state index < -0.39 is 5.97 Å². The smallest absolute Gasteiger partial charge is 0.325 e. The molecule has 0 rings (SSSR count). The van der Waals surface area contributed by atoms with Gasteiger partial charge >= 0.3 is 5.97 Å². The van der Waals surface area contributed by atoms with Gasteiger partial charge in [-0.25, -0.2) is 0 Å². The number of hydrogen-bond acceptors (Lipinski definition) is 4. The van der Waals surface area contributed by atoms with Gasteiger partial charge in [0.15, 0.2) is 0 Å². The summed E-state index contributed by atoms with van der Waals surface area (Å²) in [5.41, 5.74) is 5.30. The van der Waals surface area contributed by atoms with Gasteiger partial charge in [0.1, 0.15) is 6.54 Å². The van der Waals surface area contributed by atoms with Crippen LogP contribution in [0.4, 0.5) is 0 Å². The van der Waals surface area contributed by atoms with Gasteiger partial charge in [-0.1, -0.05) is 13.3 Å². The van der Waals surface area contributed by atoms with Gasteiger partial charge < -0.3 is 15.4 Å². The zero-order valence-electron chi connectivity index (χ0n) is 9.49. The zero-order valence-corrected chi connectivity index (χ0v) is 9.49. The van der Waals surface area contributed by atoms with Crippen LogP contribution in [-0.2, 0) is 14.3 Å². The molecule has 0 aromatic heterocycles. The lowest BCUT2D eigenvalue weighted by atomic mass is 10.3. The van der Waals surface area contributed by atoms with Crippen molar-refractivity contribution >= 4 is 11.9 Å². The molecule has 0 heterocycles. The maximum absolute atomic E-state index is 11.5. The number of ether oxygens (including phenoxy) is 1. The van der Waals surface area contributed by atoms with Gasteiger partial charge in [-0.05, 0) is 6.42 Å². The van der Waals surface area contributed by atoms with Gasteiger partial charge in [-0.15, -0.1) is 0 Å². The normalized spacial score (nSPS) is 9.80. The van der Waals surface area contributed by atoms with Gasteiger partial charge in [-0.3, -0.25) is 9.59 Å². The Balaban J connectivity index is 4.16. The number of nitrogens with two attached hydrogens (primary N) is 1. The van der Waals surface area contributed by atoms with Gasteiger partial charge in [0.05, 0.1) is 7.11 Å². The first kappa shape index (κ1) is 13.9. The van der Waals surface area contributed by atoms with E-state index in [9.17, 15) is 9.59 Å². The van der Waals surface area contributed by atoms with Gasteiger partial charge in [-0.2, -0.15) is 0 Å². The average Bonchev–Trinajstić information content (AvgIpc) is 2.24. The van der Waals surface area contributed by atoms with Crippen LogP contribution in [0.5, 0.6) is 0 Å². The predicted octanol–water partition coefficient (Wildman–Crippen LogP) is 0.137. The molecule has 0 aliphatic rings. The Kier molecular flexibility index (Phi) is 7.62. The Labute approximate surface area is 90.6 Å². The summed E-state index contributed by atoms with van der Waals surface area (Å²) < 4.78 is 4.52. The van der Waals surface area contributed by atoms with Gasteiger partial charge in [0, 0.05) is 19.5 Å². The summed E-state index contributed by atoms with van der Waals surface area (Å²) in [6.07, 6.45) is 2.14. The number of methoxy groups -OCH3 is 1. The van der Waals surface area contributed by atoms with Crippen molar-refractivity contribution in [3.05, 3.63) is 0 Å². The third-order valence-electron chi connectivity index (χ3n) is 2.04. The van der Waals surface area contributed by atoms with Crippen LogP contribution < -0.4 is 5.73 Å². The van der Waals surface area contributed by atoms with Crippen molar-refractivity contribution in [3.8, 4) is 0 Å². The average molecular weight is 216 g/mol. The highest BCUT2D eigenvalue weighted by molar-refractivity contribution is 5.82. The number of carbonyl (C=O) groups is 2. The molecule has 0 bridgehead atoms. The second-order valence-electron chi connectivity index (χ2n) is 3.28. The fourth-order valence-corrected chi connectivity index (χ4v) is 1.14. The molecule has 0 aliphatic heterocycles. The van der Waals surface area contributed by atoms with Crippen molar-refractivity contribution in [1.82, 2.24) is 4.90 Å². The Morgan fingerprint density at radius 2 is 2.07 bits per heavy atom. The minimum absolute atomic E-state index is 0.0231. The molecular weight excluding hydrogens is 196 g/mol. The molecule has 0 saturated heterocycles. The molecule has 1 amide bonds. The standard InChI is InChI=1S/C10H20N2O3/c1-3-4-7-12(8-10(14)15-2)9(13)5-6-11/h3-8,11H2,1-2H3. The SMILES string of the molecule is CCCCN(CC(=O)OC)C(=O)CCN. The monoisotopic (exact) mass is 216 g/mol. The summed E-state index contributed by atoms with van der Waals surface area (Å²) in [4.78, 5) is 24.1. The van der Waals surface area contributed by atoms with Crippen molar-refractivity contribution in [2.45, 2.75) is 26.2 Å². The maximum Gasteiger partial charge on any atom is 0.325 e. The van der Waals surface area contributed by atoms with Crippen LogP contribution in [0.15, 0.2) is 0 Å². The summed E-state index contributed by atoms with van der Waals surface area (Å²) in [6.45, 7) is 2.95. The van der Waals surface area contributed by atoms with Crippen LogP contribution in [0, 0.1) is 0 Å². The van der Waals surface area contributed by atoms with E-state index in [1.807, 2.05) is 6.92 Å². The van der Waals surface area contributed by atoms with Crippen LogP contribution in [0.2, 0.25) is 0 Å². The van der Waals surface area contributed by atoms with E-state index in [1.165, 1.54) is 12.0 Å². The van der Waals surface area contributed by atoms with Crippen LogP contribution in [-0.4, -0.2) is 43.5 Å². The molecule has 88 valence electrons. The summed E-state index contributed by atoms with van der Waals surface area (Å²) in [7, 11) is 1.31. The van der Waals surface area contributed by atoms with Crippen LogP contribution in [0.3, 0.4) is 0 Å². The zero-order chi connectivity index (χ0) is 11.7. The Morgan fingerprint density at radius 1 is 1.40 bits per heavy atom. The van der Waals surface area contributed by atoms with Gasteiger partial charge in [0.25, 0.3) is 0 Å². The molecule has 0 aliphatic carbocycles. The summed E-state index contributed by atoms with van der Waals surface area (Å²) in [6, 6.07) is 0. The van der Waals surface area contributed by atoms with Gasteiger partial charge in [0.2, 0.25) is 5.91 Å². The molecule has 0 atom stereocenters. The lowest BCUT2D eigenvalue weighted by Gasteiger charge is -2.20. The number of carbonyl (C=O) groups excluding carboxylic acids is 2. The van der Waals surface area contributed by atoms with Crippen molar-refractivity contribution in [3.63, 3.8) is 0 Å². The number of unbranched alkanes of at least 4 members (excludes halogenated alkanes) is 1. The topological polar surface area (TPSA) is 72.6 Å². The van der Waals surface area contributed by atoms with Crippen molar-refractivity contribution in [2.24, 2.45) is 5.73 Å². The molecule has 0 spiro atoms. The van der Waals surface area contributed by atoms with E-state index in [2.05, 4.69) is 4.74 Å². The Hall–Kier alpha value is -1.10. The molecule has 0 aromatic carbocycles. The van der Waals surface area contributed by atoms with Crippen molar-refractivity contribution in [1.29, 1.82) is 0 Å². The second-order valence-corrected chi connectivity index (χ2v) is 3.28. The third-order valence-corrected chi connectivity index (χ3v) is 2.04. The van der Waals surface area contributed by atoms with Crippen LogP contribution in [0.25, 0.3) is 0 Å². The lowest BCUT2D eigenvalue weighted by molar-refractivity contribution is -0.147. The summed E-state index contributed by atoms with van der Waals surface area (Å²) in [5.74, 6) is -0.479. The summed E-state index contributed by atoms with van der Waals surface area (Å²) >= 11 is 0. The van der Waals surface area contributed by atoms with E-state index in [4.69, 9.17) is 5.73 Å². The molecule has 0 saturated carbocycles. The van der Waals surface area contributed by atoms with E-state index in [0.717, 1.165) is 12.8 Å². The predicted molar refractivity (Wildman–Crippen MR) is 57.2 cm³/mol. The number of esters is 1. The van der Waals surface area contributed by atoms with Crippen molar-refractivity contribution < 1.29 is 14.3 Å². The fraction of sp³-hybridized carbons (Fsp3) is 0.800.